The number of rotatable bonds is 1. The van der Waals surface area contributed by atoms with Gasteiger partial charge in [0.1, 0.15) is 0 Å². The van der Waals surface area contributed by atoms with Crippen molar-refractivity contribution in [2.24, 2.45) is 17.2 Å². The lowest BCUT2D eigenvalue weighted by Crippen LogP contribution is -2.27. The van der Waals surface area contributed by atoms with E-state index in [4.69, 9.17) is 17.2 Å². The summed E-state index contributed by atoms with van der Waals surface area (Å²) in [6.07, 6.45) is 2.42. The molecule has 3 nitrogen and oxygen atoms in total. The third-order valence-electron chi connectivity index (χ3n) is 0.333. The number of nitrogens with two attached hydrogens (primary N) is 3. The summed E-state index contributed by atoms with van der Waals surface area (Å²) in [5, 5.41) is 0. The van der Waals surface area contributed by atoms with Crippen molar-refractivity contribution in [3.8, 4) is 0 Å². The SMILES string of the molecule is N/C=C\C(N)N. The first-order valence-corrected chi connectivity index (χ1v) is 1.67. The van der Waals surface area contributed by atoms with Crippen LogP contribution in [0.25, 0.3) is 0 Å². The minimum atomic E-state index is -0.407. The molecular weight excluding hydrogens is 78.1 g/mol. The van der Waals surface area contributed by atoms with Gasteiger partial charge in [-0.1, -0.05) is 0 Å². The van der Waals surface area contributed by atoms with Gasteiger partial charge >= 0.3 is 0 Å². The van der Waals surface area contributed by atoms with Crippen LogP contribution in [0.15, 0.2) is 12.3 Å². The molecule has 0 aromatic heterocycles. The first-order chi connectivity index (χ1) is 2.77. The summed E-state index contributed by atoms with van der Waals surface area (Å²) in [6.45, 7) is 0. The Bertz CT molecular complexity index is 48.0. The van der Waals surface area contributed by atoms with Gasteiger partial charge in [-0.2, -0.15) is 0 Å². The van der Waals surface area contributed by atoms with Gasteiger partial charge in [0.15, 0.2) is 0 Å². The lowest BCUT2D eigenvalue weighted by Gasteiger charge is -1.89. The van der Waals surface area contributed by atoms with Crippen molar-refractivity contribution >= 4 is 0 Å². The van der Waals surface area contributed by atoms with Crippen molar-refractivity contribution in [2.45, 2.75) is 6.17 Å². The van der Waals surface area contributed by atoms with Crippen molar-refractivity contribution in [3.05, 3.63) is 12.3 Å². The molecule has 6 heavy (non-hydrogen) atoms. The molecule has 6 N–H and O–H groups in total. The molecule has 0 aromatic rings. The Hall–Kier alpha value is -0.540. The van der Waals surface area contributed by atoms with Gasteiger partial charge in [0, 0.05) is 0 Å². The molecule has 3 heteroatoms. The fourth-order valence-corrected chi connectivity index (χ4v) is 0.128. The summed E-state index contributed by atoms with van der Waals surface area (Å²) in [5.74, 6) is 0. The second-order valence-corrected chi connectivity index (χ2v) is 0.962. The fourth-order valence-electron chi connectivity index (χ4n) is 0.128. The Morgan fingerprint density at radius 3 is 1.83 bits per heavy atom. The summed E-state index contributed by atoms with van der Waals surface area (Å²) in [7, 11) is 0. The van der Waals surface area contributed by atoms with Gasteiger partial charge in [-0.05, 0) is 12.3 Å². The maximum absolute atomic E-state index is 5.01. The fraction of sp³-hybridized carbons (Fsp3) is 0.333. The zero-order chi connectivity index (χ0) is 4.99. The van der Waals surface area contributed by atoms with Gasteiger partial charge in [-0.25, -0.2) is 0 Å². The lowest BCUT2D eigenvalue weighted by atomic mass is 10.5. The molecular formula is C3H9N3. The normalized spacial score (nSPS) is 11.2. The van der Waals surface area contributed by atoms with E-state index < -0.39 is 6.17 Å². The Morgan fingerprint density at radius 1 is 1.33 bits per heavy atom. The summed E-state index contributed by atoms with van der Waals surface area (Å²) in [5.41, 5.74) is 14.9. The Labute approximate surface area is 36.8 Å². The lowest BCUT2D eigenvalue weighted by molar-refractivity contribution is 0.873. The van der Waals surface area contributed by atoms with E-state index in [1.165, 1.54) is 12.3 Å². The summed E-state index contributed by atoms with van der Waals surface area (Å²) >= 11 is 0. The molecule has 0 aliphatic heterocycles. The molecule has 0 spiro atoms. The molecule has 0 saturated heterocycles. The Morgan fingerprint density at radius 2 is 1.83 bits per heavy atom. The molecule has 0 bridgehead atoms. The molecule has 0 atom stereocenters. The largest absolute Gasteiger partial charge is 0.405 e. The highest BCUT2D eigenvalue weighted by Crippen LogP contribution is 1.60. The minimum Gasteiger partial charge on any atom is -0.405 e. The van der Waals surface area contributed by atoms with Gasteiger partial charge in [-0.3, -0.25) is 0 Å². The zero-order valence-corrected chi connectivity index (χ0v) is 3.46. The zero-order valence-electron chi connectivity index (χ0n) is 3.46. The first kappa shape index (κ1) is 5.46. The van der Waals surface area contributed by atoms with Crippen molar-refractivity contribution in [3.63, 3.8) is 0 Å². The van der Waals surface area contributed by atoms with E-state index in [1.54, 1.807) is 0 Å². The molecule has 36 valence electrons. The smallest absolute Gasteiger partial charge is 0.0730 e. The monoisotopic (exact) mass is 87.1 g/mol. The van der Waals surface area contributed by atoms with Crippen molar-refractivity contribution < 1.29 is 0 Å². The quantitative estimate of drug-likeness (QED) is 0.348. The highest BCUT2D eigenvalue weighted by molar-refractivity contribution is 4.82. The standard InChI is InChI=1S/C3H9N3/c4-2-1-3(5)6/h1-3H,4-6H2/b2-1-. The molecule has 0 unspecified atom stereocenters. The molecule has 0 amide bonds. The second kappa shape index (κ2) is 2.68. The Balaban J connectivity index is 3.03. The van der Waals surface area contributed by atoms with E-state index in [1.807, 2.05) is 0 Å². The van der Waals surface area contributed by atoms with Crippen LogP contribution < -0.4 is 17.2 Å². The predicted molar refractivity (Wildman–Crippen MR) is 25.5 cm³/mol. The molecule has 0 saturated carbocycles. The molecule has 0 rings (SSSR count). The molecule has 0 heterocycles. The van der Waals surface area contributed by atoms with E-state index in [2.05, 4.69) is 0 Å². The van der Waals surface area contributed by atoms with Crippen LogP contribution in [0.5, 0.6) is 0 Å². The average Bonchev–Trinajstić information content (AvgIpc) is 1.35. The van der Waals surface area contributed by atoms with Crippen LogP contribution in [0.3, 0.4) is 0 Å². The Kier molecular flexibility index (Phi) is 2.44. The third kappa shape index (κ3) is 3.46. The van der Waals surface area contributed by atoms with Crippen LogP contribution in [0.4, 0.5) is 0 Å². The maximum atomic E-state index is 5.01. The predicted octanol–water partition coefficient (Wildman–Crippen LogP) is -1.30. The average molecular weight is 87.1 g/mol. The van der Waals surface area contributed by atoms with E-state index in [0.717, 1.165) is 0 Å². The van der Waals surface area contributed by atoms with Crippen molar-refractivity contribution in [1.82, 2.24) is 0 Å². The van der Waals surface area contributed by atoms with Gasteiger partial charge in [-0.15, -0.1) is 0 Å². The van der Waals surface area contributed by atoms with Gasteiger partial charge < -0.3 is 17.2 Å². The van der Waals surface area contributed by atoms with Gasteiger partial charge in [0.25, 0.3) is 0 Å². The third-order valence-corrected chi connectivity index (χ3v) is 0.333. The minimum absolute atomic E-state index is 0.407. The van der Waals surface area contributed by atoms with Crippen LogP contribution >= 0.6 is 0 Å². The first-order valence-electron chi connectivity index (χ1n) is 1.67. The molecule has 0 aliphatic rings. The molecule has 0 fully saturated rings. The van der Waals surface area contributed by atoms with E-state index in [0.29, 0.717) is 0 Å². The molecule has 0 radical (unpaired) electrons. The topological polar surface area (TPSA) is 78.1 Å². The van der Waals surface area contributed by atoms with E-state index in [9.17, 15) is 0 Å². The second-order valence-electron chi connectivity index (χ2n) is 0.962. The number of hydrogen-bond acceptors (Lipinski definition) is 3. The van der Waals surface area contributed by atoms with Gasteiger partial charge in [0.05, 0.1) is 6.17 Å². The van der Waals surface area contributed by atoms with Crippen LogP contribution in [0.1, 0.15) is 0 Å². The van der Waals surface area contributed by atoms with Crippen LogP contribution in [-0.2, 0) is 0 Å². The summed E-state index contributed by atoms with van der Waals surface area (Å²) in [4.78, 5) is 0. The van der Waals surface area contributed by atoms with E-state index >= 15 is 0 Å². The van der Waals surface area contributed by atoms with Crippen LogP contribution in [0, 0.1) is 0 Å². The van der Waals surface area contributed by atoms with Crippen LogP contribution in [0.2, 0.25) is 0 Å². The summed E-state index contributed by atoms with van der Waals surface area (Å²) < 4.78 is 0. The van der Waals surface area contributed by atoms with Crippen molar-refractivity contribution in [1.29, 1.82) is 0 Å². The maximum Gasteiger partial charge on any atom is 0.0730 e. The van der Waals surface area contributed by atoms with E-state index in [-0.39, 0.29) is 0 Å². The molecule has 0 aromatic carbocycles. The molecule has 0 aliphatic carbocycles. The number of hydrogen-bond donors (Lipinski definition) is 3. The van der Waals surface area contributed by atoms with Crippen molar-refractivity contribution in [2.75, 3.05) is 0 Å². The summed E-state index contributed by atoms with van der Waals surface area (Å²) in [6, 6.07) is 0. The van der Waals surface area contributed by atoms with Crippen LogP contribution in [-0.4, -0.2) is 6.17 Å². The highest BCUT2D eigenvalue weighted by Gasteiger charge is 1.75. The highest BCUT2D eigenvalue weighted by atomic mass is 14.8. The van der Waals surface area contributed by atoms with Gasteiger partial charge in [0.2, 0.25) is 0 Å².